The topological polar surface area (TPSA) is 78.5 Å². The number of hydrogen-bond donors (Lipinski definition) is 2. The Morgan fingerprint density at radius 1 is 1.50 bits per heavy atom. The van der Waals surface area contributed by atoms with E-state index in [0.29, 0.717) is 0 Å². The van der Waals surface area contributed by atoms with Gasteiger partial charge in [-0.3, -0.25) is 19.3 Å². The molecule has 0 saturated carbocycles. The molecule has 0 spiro atoms. The molecule has 0 aromatic carbocycles. The fraction of sp³-hybridized carbons (Fsp3) is 0.625. The van der Waals surface area contributed by atoms with Crippen molar-refractivity contribution in [3.63, 3.8) is 0 Å². The van der Waals surface area contributed by atoms with Gasteiger partial charge in [-0.2, -0.15) is 0 Å². The summed E-state index contributed by atoms with van der Waals surface area (Å²) in [5.74, 6) is -0.984. The van der Waals surface area contributed by atoms with Gasteiger partial charge < -0.3 is 10.6 Å². The van der Waals surface area contributed by atoms with Crippen molar-refractivity contribution in [2.24, 2.45) is 0 Å². The first kappa shape index (κ1) is 10.6. The first-order chi connectivity index (χ1) is 6.60. The van der Waals surface area contributed by atoms with Crippen molar-refractivity contribution in [2.45, 2.75) is 12.5 Å². The Morgan fingerprint density at radius 3 is 2.57 bits per heavy atom. The van der Waals surface area contributed by atoms with Crippen molar-refractivity contribution in [2.75, 3.05) is 20.6 Å². The number of likely N-dealkylation sites (tertiary alicyclic amines) is 1. The molecule has 1 fully saturated rings. The molecule has 6 nitrogen and oxygen atoms in total. The Hall–Kier alpha value is -1.43. The van der Waals surface area contributed by atoms with Crippen LogP contribution in [0.1, 0.15) is 6.42 Å². The van der Waals surface area contributed by atoms with Crippen LogP contribution in [-0.4, -0.2) is 49.3 Å². The fourth-order valence-electron chi connectivity index (χ4n) is 1.30. The summed E-state index contributed by atoms with van der Waals surface area (Å²) in [7, 11) is 3.07. The lowest BCUT2D eigenvalue weighted by Gasteiger charge is -2.13. The van der Waals surface area contributed by atoms with Gasteiger partial charge in [0.1, 0.15) is 6.54 Å². The highest BCUT2D eigenvalue weighted by molar-refractivity contribution is 6.07. The quantitative estimate of drug-likeness (QED) is 0.519. The van der Waals surface area contributed by atoms with Gasteiger partial charge in [0.05, 0.1) is 12.5 Å². The third kappa shape index (κ3) is 1.90. The van der Waals surface area contributed by atoms with Gasteiger partial charge in [0.25, 0.3) is 0 Å². The highest BCUT2D eigenvalue weighted by Crippen LogP contribution is 2.11. The molecule has 1 atom stereocenters. The van der Waals surface area contributed by atoms with Crippen LogP contribution in [0.4, 0.5) is 0 Å². The van der Waals surface area contributed by atoms with Crippen molar-refractivity contribution >= 4 is 17.7 Å². The Morgan fingerprint density at radius 2 is 2.14 bits per heavy atom. The molecular formula is C8H13N3O3. The number of imide groups is 1. The summed E-state index contributed by atoms with van der Waals surface area (Å²) < 4.78 is 0. The summed E-state index contributed by atoms with van der Waals surface area (Å²) in [6.45, 7) is -0.188. The zero-order valence-corrected chi connectivity index (χ0v) is 8.16. The van der Waals surface area contributed by atoms with Crippen LogP contribution in [0.2, 0.25) is 0 Å². The second-order valence-corrected chi connectivity index (χ2v) is 3.04. The minimum absolute atomic E-state index is 0.131. The van der Waals surface area contributed by atoms with Crippen LogP contribution >= 0.6 is 0 Å². The van der Waals surface area contributed by atoms with E-state index in [0.717, 1.165) is 4.90 Å². The lowest BCUT2D eigenvalue weighted by atomic mass is 10.2. The molecule has 3 amide bonds. The minimum atomic E-state index is -0.479. The summed E-state index contributed by atoms with van der Waals surface area (Å²) >= 11 is 0. The Balaban J connectivity index is 2.65. The van der Waals surface area contributed by atoms with Crippen LogP contribution in [0.25, 0.3) is 0 Å². The smallest absolute Gasteiger partial charge is 0.247 e. The molecule has 2 N–H and O–H groups in total. The van der Waals surface area contributed by atoms with Gasteiger partial charge in [0.2, 0.25) is 17.7 Å². The molecule has 1 heterocycles. The van der Waals surface area contributed by atoms with E-state index in [9.17, 15) is 14.4 Å². The summed E-state index contributed by atoms with van der Waals surface area (Å²) in [4.78, 5) is 34.7. The molecule has 0 aromatic rings. The van der Waals surface area contributed by atoms with Gasteiger partial charge in [0, 0.05) is 7.05 Å². The van der Waals surface area contributed by atoms with Gasteiger partial charge in [-0.05, 0) is 7.05 Å². The second-order valence-electron chi connectivity index (χ2n) is 3.04. The third-order valence-corrected chi connectivity index (χ3v) is 2.17. The van der Waals surface area contributed by atoms with Crippen molar-refractivity contribution in [3.8, 4) is 0 Å². The van der Waals surface area contributed by atoms with Crippen LogP contribution < -0.4 is 10.6 Å². The van der Waals surface area contributed by atoms with Crippen molar-refractivity contribution in [1.29, 1.82) is 0 Å². The number of likely N-dealkylation sites (N-methyl/N-ethyl adjacent to an activating group) is 2. The SMILES string of the molecule is CNC(=O)CN1C(=O)CC(NC)C1=O. The molecule has 0 bridgehead atoms. The van der Waals surface area contributed by atoms with E-state index >= 15 is 0 Å². The van der Waals surface area contributed by atoms with Gasteiger partial charge in [-0.25, -0.2) is 0 Å². The molecule has 0 radical (unpaired) electrons. The standard InChI is InChI=1S/C8H13N3O3/c1-9-5-3-7(13)11(8(5)14)4-6(12)10-2/h5,9H,3-4H2,1-2H3,(H,10,12). The normalized spacial score (nSPS) is 21.6. The summed E-state index contributed by atoms with van der Waals surface area (Å²) in [5, 5.41) is 5.08. The lowest BCUT2D eigenvalue weighted by molar-refractivity contribution is -0.142. The Kier molecular flexibility index (Phi) is 3.19. The minimum Gasteiger partial charge on any atom is -0.358 e. The molecule has 78 valence electrons. The molecule has 1 aliphatic rings. The second kappa shape index (κ2) is 4.19. The summed E-state index contributed by atoms with van der Waals surface area (Å²) in [6.07, 6.45) is 0.131. The van der Waals surface area contributed by atoms with Crippen molar-refractivity contribution in [3.05, 3.63) is 0 Å². The monoisotopic (exact) mass is 199 g/mol. The van der Waals surface area contributed by atoms with Crippen LogP contribution in [0.3, 0.4) is 0 Å². The number of carbonyl (C=O) groups excluding carboxylic acids is 3. The van der Waals surface area contributed by atoms with Crippen molar-refractivity contribution in [1.82, 2.24) is 15.5 Å². The van der Waals surface area contributed by atoms with Gasteiger partial charge in [-0.1, -0.05) is 0 Å². The highest BCUT2D eigenvalue weighted by atomic mass is 16.2. The fourth-order valence-corrected chi connectivity index (χ4v) is 1.30. The molecule has 1 saturated heterocycles. The number of carbonyl (C=O) groups is 3. The van der Waals surface area contributed by atoms with E-state index in [-0.39, 0.29) is 30.7 Å². The maximum Gasteiger partial charge on any atom is 0.247 e. The number of nitrogens with zero attached hydrogens (tertiary/aromatic N) is 1. The van der Waals surface area contributed by atoms with Crippen LogP contribution in [0.5, 0.6) is 0 Å². The summed E-state index contributed by atoms with van der Waals surface area (Å²) in [5.41, 5.74) is 0. The maximum atomic E-state index is 11.5. The molecule has 1 unspecified atom stereocenters. The van der Waals surface area contributed by atoms with Crippen LogP contribution in [0, 0.1) is 0 Å². The molecule has 0 aromatic heterocycles. The highest BCUT2D eigenvalue weighted by Gasteiger charge is 2.38. The maximum absolute atomic E-state index is 11.5. The Labute approximate surface area is 81.6 Å². The van der Waals surface area contributed by atoms with Crippen LogP contribution in [-0.2, 0) is 14.4 Å². The van der Waals surface area contributed by atoms with Crippen molar-refractivity contribution < 1.29 is 14.4 Å². The first-order valence-corrected chi connectivity index (χ1v) is 4.32. The first-order valence-electron chi connectivity index (χ1n) is 4.32. The Bertz CT molecular complexity index is 277. The zero-order chi connectivity index (χ0) is 10.7. The van der Waals surface area contributed by atoms with E-state index < -0.39 is 6.04 Å². The largest absolute Gasteiger partial charge is 0.358 e. The van der Waals surface area contributed by atoms with Crippen LogP contribution in [0.15, 0.2) is 0 Å². The van der Waals surface area contributed by atoms with E-state index in [1.807, 2.05) is 0 Å². The van der Waals surface area contributed by atoms with E-state index in [4.69, 9.17) is 0 Å². The predicted octanol–water partition coefficient (Wildman–Crippen LogP) is -1.92. The molecule has 1 rings (SSSR count). The molecule has 0 aliphatic carbocycles. The molecule has 1 aliphatic heterocycles. The third-order valence-electron chi connectivity index (χ3n) is 2.17. The predicted molar refractivity (Wildman–Crippen MR) is 48.3 cm³/mol. The van der Waals surface area contributed by atoms with Gasteiger partial charge in [-0.15, -0.1) is 0 Å². The molecule has 14 heavy (non-hydrogen) atoms. The number of hydrogen-bond acceptors (Lipinski definition) is 4. The van der Waals surface area contributed by atoms with Gasteiger partial charge in [0.15, 0.2) is 0 Å². The van der Waals surface area contributed by atoms with E-state index in [1.54, 1.807) is 7.05 Å². The summed E-state index contributed by atoms with van der Waals surface area (Å²) in [6, 6.07) is -0.479. The lowest BCUT2D eigenvalue weighted by Crippen LogP contribution is -2.42. The number of nitrogens with one attached hydrogen (secondary N) is 2. The number of rotatable bonds is 3. The van der Waals surface area contributed by atoms with E-state index in [1.165, 1.54) is 7.05 Å². The zero-order valence-electron chi connectivity index (χ0n) is 8.16. The van der Waals surface area contributed by atoms with Gasteiger partial charge >= 0.3 is 0 Å². The number of amides is 3. The van der Waals surface area contributed by atoms with E-state index in [2.05, 4.69) is 10.6 Å². The average molecular weight is 199 g/mol. The average Bonchev–Trinajstić information content (AvgIpc) is 2.44. The molecular weight excluding hydrogens is 186 g/mol. The molecule has 6 heteroatoms.